The minimum Gasteiger partial charge on any atom is -0.238 e. The van der Waals surface area contributed by atoms with Crippen molar-refractivity contribution >= 4 is 24.1 Å². The topological polar surface area (TPSA) is 8.24 Å². The molecule has 0 N–H and O–H groups in total. The van der Waals surface area contributed by atoms with Gasteiger partial charge in [0.25, 0.3) is 0 Å². The van der Waals surface area contributed by atoms with Crippen molar-refractivity contribution in [3.8, 4) is 44.6 Å². The third kappa shape index (κ3) is 3.56. The highest BCUT2D eigenvalue weighted by Crippen LogP contribution is 2.41. The van der Waals surface area contributed by atoms with E-state index in [2.05, 4.69) is 128 Å². The molecule has 37 heavy (non-hydrogen) atoms. The van der Waals surface area contributed by atoms with E-state index in [0.29, 0.717) is 0 Å². The molecular formula is C34H29N2Si+. The van der Waals surface area contributed by atoms with Gasteiger partial charge < -0.3 is 0 Å². The molecule has 5 aromatic rings. The molecule has 6 rings (SSSR count). The quantitative estimate of drug-likeness (QED) is 0.143. The molecule has 0 bridgehead atoms. The van der Waals surface area contributed by atoms with Crippen molar-refractivity contribution in [3.05, 3.63) is 120 Å². The van der Waals surface area contributed by atoms with Crippen LogP contribution in [0.15, 0.2) is 103 Å². The molecule has 0 radical (unpaired) electrons. The molecule has 0 spiro atoms. The molecule has 1 aromatic heterocycles. The minimum absolute atomic E-state index is 0.739. The Morgan fingerprint density at radius 2 is 1.24 bits per heavy atom. The number of hydrogen-bond acceptors (Lipinski definition) is 0. The van der Waals surface area contributed by atoms with Crippen LogP contribution in [0.5, 0.6) is 0 Å². The van der Waals surface area contributed by atoms with Crippen molar-refractivity contribution in [2.45, 2.75) is 20.0 Å². The summed E-state index contributed by atoms with van der Waals surface area (Å²) in [4.78, 5) is 4.01. The Labute approximate surface area is 220 Å². The zero-order valence-corrected chi connectivity index (χ0v) is 22.7. The molecule has 178 valence electrons. The van der Waals surface area contributed by atoms with Gasteiger partial charge in [-0.25, -0.2) is 9.41 Å². The lowest BCUT2D eigenvalue weighted by Crippen LogP contribution is -2.51. The van der Waals surface area contributed by atoms with Crippen LogP contribution in [0.3, 0.4) is 0 Å². The predicted molar refractivity (Wildman–Crippen MR) is 157 cm³/mol. The summed E-state index contributed by atoms with van der Waals surface area (Å²) in [6.45, 7) is 15.2. The molecule has 2 heterocycles. The standard InChI is InChI=1S/C34H29N2Si/c1-23-14-19-27-28-20-21-29(35-2)32(26-17-15-25(16-18-26)24-11-7-6-8-12-24)34(28)37(4,5)33(27)31(23)30-13-9-10-22-36(30)3/h6-22H,1,3-5H3/q+1. The van der Waals surface area contributed by atoms with Gasteiger partial charge in [-0.2, -0.15) is 0 Å². The lowest BCUT2D eigenvalue weighted by Gasteiger charge is -2.25. The first-order valence-corrected chi connectivity index (χ1v) is 15.7. The maximum absolute atomic E-state index is 8.04. The molecule has 1 aliphatic rings. The summed E-state index contributed by atoms with van der Waals surface area (Å²) < 4.78 is 2.23. The van der Waals surface area contributed by atoms with Gasteiger partial charge in [-0.05, 0) is 62.3 Å². The SMILES string of the molecule is [C-]#[N+]c1ccc2c(c1-c1ccc(-c3ccccc3)cc1)[Si](C)(C)c1c-2ccc(C)c1-c1cccc[n+]1C. The summed E-state index contributed by atoms with van der Waals surface area (Å²) in [5.41, 5.74) is 11.9. The third-order valence-corrected chi connectivity index (χ3v) is 11.4. The predicted octanol–water partition coefficient (Wildman–Crippen LogP) is 7.17. The van der Waals surface area contributed by atoms with Crippen LogP contribution in [0, 0.1) is 13.5 Å². The largest absolute Gasteiger partial charge is 0.238 e. The summed E-state index contributed by atoms with van der Waals surface area (Å²) in [5.74, 6) is 0. The maximum atomic E-state index is 8.04. The first kappa shape index (κ1) is 23.2. The van der Waals surface area contributed by atoms with E-state index >= 15 is 0 Å². The first-order valence-electron chi connectivity index (χ1n) is 12.7. The second kappa shape index (κ2) is 8.69. The van der Waals surface area contributed by atoms with E-state index in [1.807, 2.05) is 12.1 Å². The fourth-order valence-corrected chi connectivity index (χ4v) is 10.0. The number of benzene rings is 4. The Kier molecular flexibility index (Phi) is 5.44. The highest BCUT2D eigenvalue weighted by molar-refractivity contribution is 7.05. The number of fused-ring (bicyclic) bond motifs is 3. The van der Waals surface area contributed by atoms with Crippen LogP contribution in [0.2, 0.25) is 13.1 Å². The molecule has 0 atom stereocenters. The van der Waals surface area contributed by atoms with Crippen molar-refractivity contribution in [3.63, 3.8) is 0 Å². The molecule has 0 aliphatic carbocycles. The van der Waals surface area contributed by atoms with Gasteiger partial charge in [-0.3, -0.25) is 0 Å². The average Bonchev–Trinajstić information content (AvgIpc) is 3.16. The third-order valence-electron chi connectivity index (χ3n) is 7.85. The molecule has 0 saturated carbocycles. The van der Waals surface area contributed by atoms with Crippen molar-refractivity contribution in [2.24, 2.45) is 7.05 Å². The van der Waals surface area contributed by atoms with E-state index < -0.39 is 8.07 Å². The van der Waals surface area contributed by atoms with Crippen molar-refractivity contribution < 1.29 is 4.57 Å². The van der Waals surface area contributed by atoms with Gasteiger partial charge >= 0.3 is 0 Å². The van der Waals surface area contributed by atoms with Crippen molar-refractivity contribution in [1.82, 2.24) is 0 Å². The Bertz CT molecular complexity index is 1710. The van der Waals surface area contributed by atoms with Gasteiger partial charge in [0, 0.05) is 17.7 Å². The van der Waals surface area contributed by atoms with Crippen LogP contribution in [0.1, 0.15) is 5.56 Å². The van der Waals surface area contributed by atoms with Crippen LogP contribution in [0.4, 0.5) is 5.69 Å². The summed E-state index contributed by atoms with van der Waals surface area (Å²) in [6.07, 6.45) is 2.13. The summed E-state index contributed by atoms with van der Waals surface area (Å²) in [6, 6.07) is 34.4. The van der Waals surface area contributed by atoms with Crippen LogP contribution >= 0.6 is 0 Å². The molecular weight excluding hydrogens is 464 g/mol. The molecule has 3 heteroatoms. The Morgan fingerprint density at radius 3 is 1.92 bits per heavy atom. The molecule has 0 fully saturated rings. The maximum Gasteiger partial charge on any atom is 0.212 e. The molecule has 0 unspecified atom stereocenters. The van der Waals surface area contributed by atoms with Crippen LogP contribution in [-0.4, -0.2) is 8.07 Å². The molecule has 0 saturated heterocycles. The fourth-order valence-electron chi connectivity index (χ4n) is 6.13. The Morgan fingerprint density at radius 1 is 0.649 bits per heavy atom. The smallest absolute Gasteiger partial charge is 0.212 e. The van der Waals surface area contributed by atoms with Gasteiger partial charge in [0.05, 0.1) is 6.57 Å². The Balaban J connectivity index is 1.59. The van der Waals surface area contributed by atoms with E-state index in [4.69, 9.17) is 6.57 Å². The van der Waals surface area contributed by atoms with Crippen molar-refractivity contribution in [1.29, 1.82) is 0 Å². The Hall–Kier alpha value is -4.26. The first-order chi connectivity index (χ1) is 17.9. The summed E-state index contributed by atoms with van der Waals surface area (Å²) in [7, 11) is -0.0457. The van der Waals surface area contributed by atoms with Gasteiger partial charge in [-0.1, -0.05) is 92.0 Å². The van der Waals surface area contributed by atoms with Gasteiger partial charge in [0.2, 0.25) is 5.69 Å². The van der Waals surface area contributed by atoms with Crippen LogP contribution in [-0.2, 0) is 7.05 Å². The zero-order valence-electron chi connectivity index (χ0n) is 21.7. The highest BCUT2D eigenvalue weighted by Gasteiger charge is 2.43. The summed E-state index contributed by atoms with van der Waals surface area (Å²) in [5, 5.41) is 2.86. The number of nitrogens with zero attached hydrogens (tertiary/aromatic N) is 2. The van der Waals surface area contributed by atoms with Crippen LogP contribution in [0.25, 0.3) is 49.5 Å². The van der Waals surface area contributed by atoms with E-state index in [9.17, 15) is 0 Å². The monoisotopic (exact) mass is 493 g/mol. The molecule has 2 nitrogen and oxygen atoms in total. The van der Waals surface area contributed by atoms with E-state index in [1.165, 1.54) is 49.4 Å². The van der Waals surface area contributed by atoms with Gasteiger partial charge in [-0.15, -0.1) is 0 Å². The van der Waals surface area contributed by atoms with Gasteiger partial charge in [0.1, 0.15) is 15.1 Å². The minimum atomic E-state index is -2.17. The number of rotatable bonds is 3. The van der Waals surface area contributed by atoms with E-state index in [0.717, 1.165) is 16.8 Å². The molecule has 4 aromatic carbocycles. The van der Waals surface area contributed by atoms with E-state index in [-0.39, 0.29) is 0 Å². The number of hydrogen-bond donors (Lipinski definition) is 0. The zero-order chi connectivity index (χ0) is 25.7. The number of aryl methyl sites for hydroxylation is 2. The number of aromatic nitrogens is 1. The molecule has 1 aliphatic heterocycles. The number of pyridine rings is 1. The molecule has 0 amide bonds. The van der Waals surface area contributed by atoms with Crippen molar-refractivity contribution in [2.75, 3.05) is 0 Å². The van der Waals surface area contributed by atoms with Gasteiger partial charge in [0.15, 0.2) is 11.9 Å². The lowest BCUT2D eigenvalue weighted by atomic mass is 9.93. The fraction of sp³-hybridized carbons (Fsp3) is 0.118. The van der Waals surface area contributed by atoms with E-state index in [1.54, 1.807) is 0 Å². The second-order valence-electron chi connectivity index (χ2n) is 10.4. The highest BCUT2D eigenvalue weighted by atomic mass is 28.3. The second-order valence-corrected chi connectivity index (χ2v) is 14.7. The lowest BCUT2D eigenvalue weighted by molar-refractivity contribution is -0.660. The normalized spacial score (nSPS) is 13.1. The van der Waals surface area contributed by atoms with Crippen LogP contribution < -0.4 is 14.9 Å². The summed E-state index contributed by atoms with van der Waals surface area (Å²) >= 11 is 0. The average molecular weight is 494 g/mol.